The fourth-order valence-corrected chi connectivity index (χ4v) is 2.58. The molecule has 23 heavy (non-hydrogen) atoms. The second kappa shape index (κ2) is 7.81. The minimum absolute atomic E-state index is 0.0417. The first kappa shape index (κ1) is 17.1. The maximum Gasteiger partial charge on any atom is 0.251 e. The number of carbonyl (C=O) groups is 1. The lowest BCUT2D eigenvalue weighted by atomic mass is 10.1. The molecule has 0 fully saturated rings. The Labute approximate surface area is 138 Å². The van der Waals surface area contributed by atoms with Crippen LogP contribution in [0.3, 0.4) is 0 Å². The van der Waals surface area contributed by atoms with Crippen LogP contribution in [0, 0.1) is 5.92 Å². The summed E-state index contributed by atoms with van der Waals surface area (Å²) in [5.41, 5.74) is 1.81. The van der Waals surface area contributed by atoms with Crippen molar-refractivity contribution in [1.82, 2.24) is 14.9 Å². The van der Waals surface area contributed by atoms with Crippen LogP contribution in [-0.2, 0) is 6.54 Å². The van der Waals surface area contributed by atoms with Gasteiger partial charge in [-0.25, -0.2) is 4.98 Å². The summed E-state index contributed by atoms with van der Waals surface area (Å²) in [4.78, 5) is 18.5. The third kappa shape index (κ3) is 5.13. The van der Waals surface area contributed by atoms with Crippen molar-refractivity contribution in [1.29, 1.82) is 0 Å². The Morgan fingerprint density at radius 2 is 1.96 bits per heavy atom. The molecule has 1 atom stereocenters. The van der Waals surface area contributed by atoms with E-state index in [1.54, 1.807) is 12.5 Å². The average molecular weight is 314 g/mol. The number of benzene rings is 1. The van der Waals surface area contributed by atoms with Gasteiger partial charge in [-0.15, -0.1) is 0 Å². The first-order valence-corrected chi connectivity index (χ1v) is 8.03. The molecule has 0 aliphatic carbocycles. The Morgan fingerprint density at radius 1 is 1.26 bits per heavy atom. The van der Waals surface area contributed by atoms with E-state index in [2.05, 4.69) is 36.1 Å². The molecule has 1 aromatic heterocycles. The number of amides is 1. The van der Waals surface area contributed by atoms with E-state index in [1.165, 1.54) is 0 Å². The van der Waals surface area contributed by atoms with Crippen molar-refractivity contribution in [2.24, 2.45) is 5.92 Å². The minimum Gasteiger partial charge on any atom is -0.374 e. The highest BCUT2D eigenvalue weighted by molar-refractivity contribution is 5.94. The number of imidazole rings is 1. The number of rotatable bonds is 7. The third-order valence-corrected chi connectivity index (χ3v) is 3.63. The second-order valence-corrected chi connectivity index (χ2v) is 6.46. The summed E-state index contributed by atoms with van der Waals surface area (Å²) in [6, 6.07) is 7.80. The summed E-state index contributed by atoms with van der Waals surface area (Å²) in [5.74, 6) is 0.558. The zero-order valence-electron chi connectivity index (χ0n) is 14.4. The summed E-state index contributed by atoms with van der Waals surface area (Å²) in [6.07, 6.45) is 5.38. The SMILES string of the molecule is CC(C)CN(C)c1ccc(C(=O)N[C@@H](C)Cn2ccnc2)cc1. The molecule has 5 nitrogen and oxygen atoms in total. The van der Waals surface area contributed by atoms with E-state index in [9.17, 15) is 4.79 Å². The van der Waals surface area contributed by atoms with E-state index in [4.69, 9.17) is 0 Å². The van der Waals surface area contributed by atoms with Crippen molar-refractivity contribution >= 4 is 11.6 Å². The molecule has 0 spiro atoms. The smallest absolute Gasteiger partial charge is 0.251 e. The molecule has 0 aliphatic rings. The summed E-state index contributed by atoms with van der Waals surface area (Å²) < 4.78 is 1.95. The molecule has 5 heteroatoms. The van der Waals surface area contributed by atoms with Crippen molar-refractivity contribution in [3.8, 4) is 0 Å². The third-order valence-electron chi connectivity index (χ3n) is 3.63. The number of hydrogen-bond acceptors (Lipinski definition) is 3. The number of carbonyl (C=O) groups excluding carboxylic acids is 1. The van der Waals surface area contributed by atoms with Crippen molar-refractivity contribution < 1.29 is 4.79 Å². The number of anilines is 1. The molecular formula is C18H26N4O. The molecule has 1 amide bonds. The van der Waals surface area contributed by atoms with Gasteiger partial charge in [-0.1, -0.05) is 13.8 Å². The highest BCUT2D eigenvalue weighted by Gasteiger charge is 2.11. The molecule has 0 bridgehead atoms. The number of aromatic nitrogens is 2. The lowest BCUT2D eigenvalue weighted by Gasteiger charge is -2.21. The minimum atomic E-state index is -0.0457. The Hall–Kier alpha value is -2.30. The molecule has 124 valence electrons. The highest BCUT2D eigenvalue weighted by Crippen LogP contribution is 2.15. The Morgan fingerprint density at radius 3 is 2.52 bits per heavy atom. The summed E-state index contributed by atoms with van der Waals surface area (Å²) in [6.45, 7) is 8.08. The monoisotopic (exact) mass is 314 g/mol. The summed E-state index contributed by atoms with van der Waals surface area (Å²) >= 11 is 0. The topological polar surface area (TPSA) is 50.2 Å². The molecule has 1 aromatic carbocycles. The van der Waals surface area contributed by atoms with Gasteiger partial charge in [0.1, 0.15) is 0 Å². The molecule has 1 heterocycles. The molecule has 2 aromatic rings. The Balaban J connectivity index is 1.92. The van der Waals surface area contributed by atoms with Gasteiger partial charge in [-0.05, 0) is 37.1 Å². The van der Waals surface area contributed by atoms with E-state index in [0.717, 1.165) is 12.2 Å². The molecule has 0 unspecified atom stereocenters. The predicted octanol–water partition coefficient (Wildman–Crippen LogP) is 2.79. The molecule has 2 rings (SSSR count). The highest BCUT2D eigenvalue weighted by atomic mass is 16.1. The van der Waals surface area contributed by atoms with Crippen LogP contribution in [0.2, 0.25) is 0 Å². The standard InChI is InChI=1S/C18H26N4O/c1-14(2)11-21(4)17-7-5-16(6-8-17)18(23)20-15(3)12-22-10-9-19-13-22/h5-10,13-15H,11-12H2,1-4H3,(H,20,23)/t15-/m0/s1. The van der Waals surface area contributed by atoms with Crippen molar-refractivity contribution in [3.05, 3.63) is 48.5 Å². The van der Waals surface area contributed by atoms with Crippen LogP contribution in [0.5, 0.6) is 0 Å². The zero-order chi connectivity index (χ0) is 16.8. The van der Waals surface area contributed by atoms with E-state index in [-0.39, 0.29) is 11.9 Å². The van der Waals surface area contributed by atoms with Crippen molar-refractivity contribution in [2.75, 3.05) is 18.5 Å². The van der Waals surface area contributed by atoms with Crippen molar-refractivity contribution in [3.63, 3.8) is 0 Å². The lowest BCUT2D eigenvalue weighted by Crippen LogP contribution is -2.35. The van der Waals surface area contributed by atoms with Gasteiger partial charge in [-0.2, -0.15) is 0 Å². The van der Waals surface area contributed by atoms with Gasteiger partial charge < -0.3 is 14.8 Å². The lowest BCUT2D eigenvalue weighted by molar-refractivity contribution is 0.0936. The molecular weight excluding hydrogens is 288 g/mol. The van der Waals surface area contributed by atoms with Gasteiger partial charge in [0.05, 0.1) is 6.33 Å². The molecule has 1 N–H and O–H groups in total. The molecule has 0 radical (unpaired) electrons. The molecule has 0 saturated heterocycles. The average Bonchev–Trinajstić information content (AvgIpc) is 2.99. The largest absolute Gasteiger partial charge is 0.374 e. The van der Waals surface area contributed by atoms with Crippen LogP contribution in [0.15, 0.2) is 43.0 Å². The Kier molecular flexibility index (Phi) is 5.79. The molecule has 0 saturated carbocycles. The fourth-order valence-electron chi connectivity index (χ4n) is 2.58. The first-order chi connectivity index (χ1) is 11.0. The van der Waals surface area contributed by atoms with Gasteiger partial charge in [0.15, 0.2) is 0 Å². The van der Waals surface area contributed by atoms with Crippen LogP contribution in [0.1, 0.15) is 31.1 Å². The first-order valence-electron chi connectivity index (χ1n) is 8.03. The van der Waals surface area contributed by atoms with Gasteiger partial charge >= 0.3 is 0 Å². The van der Waals surface area contributed by atoms with E-state index < -0.39 is 0 Å². The van der Waals surface area contributed by atoms with Crippen LogP contribution < -0.4 is 10.2 Å². The van der Waals surface area contributed by atoms with Gasteiger partial charge in [0.25, 0.3) is 5.91 Å². The second-order valence-electron chi connectivity index (χ2n) is 6.46. The fraction of sp³-hybridized carbons (Fsp3) is 0.444. The molecule has 0 aliphatic heterocycles. The van der Waals surface area contributed by atoms with Gasteiger partial charge in [0, 0.05) is 49.8 Å². The number of nitrogens with zero attached hydrogens (tertiary/aromatic N) is 3. The maximum absolute atomic E-state index is 12.3. The van der Waals surface area contributed by atoms with Gasteiger partial charge in [-0.3, -0.25) is 4.79 Å². The summed E-state index contributed by atoms with van der Waals surface area (Å²) in [5, 5.41) is 3.01. The van der Waals surface area contributed by atoms with Crippen molar-refractivity contribution in [2.45, 2.75) is 33.4 Å². The van der Waals surface area contributed by atoms with Crippen LogP contribution in [0.4, 0.5) is 5.69 Å². The summed E-state index contributed by atoms with van der Waals surface area (Å²) in [7, 11) is 2.07. The zero-order valence-corrected chi connectivity index (χ0v) is 14.4. The van der Waals surface area contributed by atoms with E-state index in [1.807, 2.05) is 42.0 Å². The van der Waals surface area contributed by atoms with Crippen LogP contribution >= 0.6 is 0 Å². The van der Waals surface area contributed by atoms with E-state index >= 15 is 0 Å². The number of nitrogens with one attached hydrogen (secondary N) is 1. The van der Waals surface area contributed by atoms with Crippen LogP contribution in [0.25, 0.3) is 0 Å². The van der Waals surface area contributed by atoms with Crippen LogP contribution in [-0.4, -0.2) is 35.1 Å². The normalized spacial score (nSPS) is 12.2. The van der Waals surface area contributed by atoms with Gasteiger partial charge in [0.2, 0.25) is 0 Å². The Bertz CT molecular complexity index is 604. The number of hydrogen-bond donors (Lipinski definition) is 1. The quantitative estimate of drug-likeness (QED) is 0.855. The van der Waals surface area contributed by atoms with E-state index in [0.29, 0.717) is 18.0 Å². The maximum atomic E-state index is 12.3. The predicted molar refractivity (Wildman–Crippen MR) is 93.7 cm³/mol.